The van der Waals surface area contributed by atoms with E-state index in [0.717, 1.165) is 59.1 Å². The second kappa shape index (κ2) is 19.0. The molecule has 0 spiro atoms. The molecule has 3 aromatic heterocycles. The van der Waals surface area contributed by atoms with Gasteiger partial charge in [0.2, 0.25) is 0 Å². The van der Waals surface area contributed by atoms with Gasteiger partial charge in [-0.15, -0.1) is 0 Å². The summed E-state index contributed by atoms with van der Waals surface area (Å²) in [6.07, 6.45) is 8.42. The molecule has 0 atom stereocenters. The van der Waals surface area contributed by atoms with Crippen LogP contribution in [0.25, 0.3) is 55.0 Å². The molecule has 2 aliphatic heterocycles. The first-order chi connectivity index (χ1) is 30.2. The third-order valence-corrected chi connectivity index (χ3v) is 11.6. The summed E-state index contributed by atoms with van der Waals surface area (Å²) in [6.45, 7) is 14.0. The van der Waals surface area contributed by atoms with Gasteiger partial charge < -0.3 is 34.9 Å². The van der Waals surface area contributed by atoms with E-state index in [1.54, 1.807) is 16.0 Å². The van der Waals surface area contributed by atoms with E-state index in [-0.39, 0.29) is 31.7 Å². The van der Waals surface area contributed by atoms with Crippen molar-refractivity contribution < 1.29 is 19.1 Å². The Bertz CT molecular complexity index is 2740. The van der Waals surface area contributed by atoms with Gasteiger partial charge in [-0.1, -0.05) is 80.2 Å². The molecule has 2 saturated heterocycles. The van der Waals surface area contributed by atoms with Crippen LogP contribution in [-0.2, 0) is 9.47 Å². The van der Waals surface area contributed by atoms with Crippen LogP contribution in [0.15, 0.2) is 116 Å². The van der Waals surface area contributed by atoms with Crippen molar-refractivity contribution >= 4 is 56.4 Å². The largest absolute Gasteiger partial charge is 0.444 e. The van der Waals surface area contributed by atoms with E-state index < -0.39 is 11.2 Å². The van der Waals surface area contributed by atoms with Crippen molar-refractivity contribution in [1.82, 2.24) is 29.3 Å². The second-order valence-corrected chi connectivity index (χ2v) is 18.5. The van der Waals surface area contributed by atoms with Crippen LogP contribution < -0.4 is 11.1 Å². The lowest BCUT2D eigenvalue weighted by Gasteiger charge is -2.34. The number of hydrogen-bond acceptors (Lipinski definition) is 9. The van der Waals surface area contributed by atoms with E-state index in [4.69, 9.17) is 20.2 Å². The number of ether oxygens (including phenoxy) is 2. The third kappa shape index (κ3) is 10.6. The smallest absolute Gasteiger partial charge is 0.410 e. The van der Waals surface area contributed by atoms with Crippen molar-refractivity contribution in [3.63, 3.8) is 0 Å². The van der Waals surface area contributed by atoms with Crippen LogP contribution in [0.2, 0.25) is 0 Å². The van der Waals surface area contributed by atoms with Gasteiger partial charge in [-0.25, -0.2) is 24.5 Å². The minimum atomic E-state index is -0.478. The number of fused-ring (bicyclic) bond motifs is 3. The van der Waals surface area contributed by atoms with Crippen molar-refractivity contribution in [2.45, 2.75) is 97.9 Å². The molecule has 5 heterocycles. The lowest BCUT2D eigenvalue weighted by Crippen LogP contribution is -2.44. The molecule has 12 heteroatoms. The fourth-order valence-corrected chi connectivity index (χ4v) is 8.37. The summed E-state index contributed by atoms with van der Waals surface area (Å²) >= 11 is 0. The first-order valence-corrected chi connectivity index (χ1v) is 22.0. The SMILES string of the molecule is C.CC(C)(C)OC(=O)N1CCC(Nc2nccc(-c3ccc4ccccc4c3)c2N)CC1.CC(C)(C)OC(=O)N1CCC(n2cnc3c(-c4ccc5ccccc5c4)ccnc32)CC1. The van der Waals surface area contributed by atoms with Crippen molar-refractivity contribution in [2.24, 2.45) is 0 Å². The second-order valence-electron chi connectivity index (χ2n) is 18.5. The zero-order valence-electron chi connectivity index (χ0n) is 37.2. The van der Waals surface area contributed by atoms with Gasteiger partial charge in [-0.2, -0.15) is 0 Å². The number of amides is 2. The van der Waals surface area contributed by atoms with Gasteiger partial charge in [-0.3, -0.25) is 0 Å². The van der Waals surface area contributed by atoms with Crippen molar-refractivity contribution in [1.29, 1.82) is 0 Å². The minimum Gasteiger partial charge on any atom is -0.444 e. The van der Waals surface area contributed by atoms with Crippen LogP contribution in [0.1, 0.15) is 80.7 Å². The molecule has 9 rings (SSSR count). The molecule has 0 saturated carbocycles. The van der Waals surface area contributed by atoms with Gasteiger partial charge in [0.05, 0.1) is 12.0 Å². The van der Waals surface area contributed by atoms with Gasteiger partial charge >= 0.3 is 12.2 Å². The molecule has 2 fully saturated rings. The van der Waals surface area contributed by atoms with Crippen LogP contribution in [0, 0.1) is 0 Å². The average Bonchev–Trinajstić information content (AvgIpc) is 3.71. The summed E-state index contributed by atoms with van der Waals surface area (Å²) in [7, 11) is 0. The normalized spacial score (nSPS) is 15.0. The predicted octanol–water partition coefficient (Wildman–Crippen LogP) is 11.8. The topological polar surface area (TPSA) is 141 Å². The highest BCUT2D eigenvalue weighted by Gasteiger charge is 2.30. The Morgan fingerprint density at radius 3 is 1.66 bits per heavy atom. The number of imidazole rings is 1. The van der Waals surface area contributed by atoms with Gasteiger partial charge in [0.15, 0.2) is 5.65 Å². The molecule has 12 nitrogen and oxygen atoms in total. The van der Waals surface area contributed by atoms with E-state index >= 15 is 0 Å². The number of pyridine rings is 2. The summed E-state index contributed by atoms with van der Waals surface area (Å²) in [5.74, 6) is 0.696. The number of carbonyl (C=O) groups excluding carboxylic acids is 2. The Balaban J connectivity index is 0.000000189. The van der Waals surface area contributed by atoms with Crippen LogP contribution in [0.4, 0.5) is 21.1 Å². The molecule has 64 heavy (non-hydrogen) atoms. The van der Waals surface area contributed by atoms with Gasteiger partial charge in [-0.05, 0) is 124 Å². The maximum absolute atomic E-state index is 12.4. The summed E-state index contributed by atoms with van der Waals surface area (Å²) in [5, 5.41) is 8.31. The highest BCUT2D eigenvalue weighted by molar-refractivity contribution is 5.95. The average molecular weight is 863 g/mol. The Morgan fingerprint density at radius 2 is 1.11 bits per heavy atom. The Labute approximate surface area is 376 Å². The zero-order valence-corrected chi connectivity index (χ0v) is 37.2. The molecule has 7 aromatic rings. The first kappa shape index (κ1) is 45.3. The lowest BCUT2D eigenvalue weighted by atomic mass is 10.0. The van der Waals surface area contributed by atoms with Crippen molar-refractivity contribution in [3.05, 3.63) is 116 Å². The van der Waals surface area contributed by atoms with E-state index in [1.165, 1.54) is 21.5 Å². The summed E-state index contributed by atoms with van der Waals surface area (Å²) in [4.78, 5) is 42.1. The zero-order chi connectivity index (χ0) is 44.3. The third-order valence-electron chi connectivity index (χ3n) is 11.6. The van der Waals surface area contributed by atoms with Gasteiger partial charge in [0, 0.05) is 61.8 Å². The summed E-state index contributed by atoms with van der Waals surface area (Å²) in [5.41, 5.74) is 12.3. The molecule has 0 aliphatic carbocycles. The fourth-order valence-electron chi connectivity index (χ4n) is 8.37. The number of nitrogens with two attached hydrogens (primary N) is 1. The maximum atomic E-state index is 12.4. The van der Waals surface area contributed by atoms with Crippen LogP contribution in [0.3, 0.4) is 0 Å². The molecule has 334 valence electrons. The summed E-state index contributed by atoms with van der Waals surface area (Å²) < 4.78 is 13.2. The number of nitrogen functional groups attached to an aromatic ring is 1. The standard InChI is InChI=1S/C26H28N4O2.C25H30N4O2.CH4/c1-26(2,3)32-25(31)29-14-11-21(12-15-29)30-17-28-23-22(10-13-27-24(23)30)20-9-8-18-6-4-5-7-19(18)16-20;1-25(2,3)31-24(30)29-14-11-20(12-15-29)28-23-22(26)21(10-13-27-23)19-9-8-17-6-4-5-7-18(17)16-19;/h4-10,13,16-17,21H,11-12,14-15H2,1-3H3;4-10,13,16,20H,11-12,14-15,26H2,1-3H3,(H,27,28);1H4. The lowest BCUT2D eigenvalue weighted by molar-refractivity contribution is 0.0185. The molecule has 0 radical (unpaired) electrons. The van der Waals surface area contributed by atoms with E-state index in [9.17, 15) is 9.59 Å². The molecule has 2 aliphatic rings. The number of nitrogens with one attached hydrogen (secondary N) is 1. The van der Waals surface area contributed by atoms with Crippen molar-refractivity contribution in [2.75, 3.05) is 37.2 Å². The molecular formula is C52H62N8O4. The molecule has 4 aromatic carbocycles. The number of nitrogens with zero attached hydrogens (tertiary/aromatic N) is 6. The number of anilines is 2. The van der Waals surface area contributed by atoms with Crippen LogP contribution in [0.5, 0.6) is 0 Å². The van der Waals surface area contributed by atoms with E-state index in [2.05, 4.69) is 92.6 Å². The molecule has 0 unspecified atom stereocenters. The number of piperidine rings is 2. The Morgan fingerprint density at radius 1 is 0.625 bits per heavy atom. The number of aromatic nitrogens is 4. The number of carbonyl (C=O) groups is 2. The van der Waals surface area contributed by atoms with E-state index in [1.807, 2.05) is 78.3 Å². The maximum Gasteiger partial charge on any atom is 0.410 e. The molecular weight excluding hydrogens is 801 g/mol. The number of benzene rings is 4. The monoisotopic (exact) mass is 862 g/mol. The molecule has 3 N–H and O–H groups in total. The highest BCUT2D eigenvalue weighted by Crippen LogP contribution is 2.35. The first-order valence-electron chi connectivity index (χ1n) is 22.0. The Hall–Kier alpha value is -6.69. The van der Waals surface area contributed by atoms with Crippen molar-refractivity contribution in [3.8, 4) is 22.3 Å². The van der Waals surface area contributed by atoms with Crippen LogP contribution >= 0.6 is 0 Å². The molecule has 0 bridgehead atoms. The Kier molecular flexibility index (Phi) is 13.4. The van der Waals surface area contributed by atoms with E-state index in [0.29, 0.717) is 37.7 Å². The number of hydrogen-bond donors (Lipinski definition) is 2. The predicted molar refractivity (Wildman–Crippen MR) is 259 cm³/mol. The van der Waals surface area contributed by atoms with Gasteiger partial charge in [0.1, 0.15) is 22.5 Å². The van der Waals surface area contributed by atoms with Crippen LogP contribution in [-0.4, -0.2) is 84.9 Å². The number of rotatable bonds is 5. The summed E-state index contributed by atoms with van der Waals surface area (Å²) in [6, 6.07) is 34.0. The minimum absolute atomic E-state index is 0. The number of likely N-dealkylation sites (tertiary alicyclic amines) is 2. The molecule has 2 amide bonds. The van der Waals surface area contributed by atoms with Gasteiger partial charge in [0.25, 0.3) is 0 Å². The fraction of sp³-hybridized carbons (Fsp3) is 0.365. The highest BCUT2D eigenvalue weighted by atomic mass is 16.6. The quantitative estimate of drug-likeness (QED) is 0.173.